The van der Waals surface area contributed by atoms with E-state index in [-0.39, 0.29) is 5.57 Å². The summed E-state index contributed by atoms with van der Waals surface area (Å²) in [5, 5.41) is 4.46. The summed E-state index contributed by atoms with van der Waals surface area (Å²) in [5.41, 5.74) is 1.64. The normalized spacial score (nSPS) is 14.4. The average molecular weight is 615 g/mol. The second kappa shape index (κ2) is 12.3. The number of fused-ring (bicyclic) bond motifs is 1. The van der Waals surface area contributed by atoms with Gasteiger partial charge in [0.15, 0.2) is 11.5 Å². The zero-order valence-corrected chi connectivity index (χ0v) is 24.1. The third-order valence-electron chi connectivity index (χ3n) is 6.40. The summed E-state index contributed by atoms with van der Waals surface area (Å²) in [7, 11) is 0. The first kappa shape index (κ1) is 27.9. The van der Waals surface area contributed by atoms with Crippen LogP contribution in [0.2, 0.25) is 0 Å². The van der Waals surface area contributed by atoms with Gasteiger partial charge in [0.25, 0.3) is 11.8 Å². The lowest BCUT2D eigenvalue weighted by Gasteiger charge is -2.26. The Morgan fingerprint density at radius 3 is 2.34 bits per heavy atom. The van der Waals surface area contributed by atoms with E-state index in [1.807, 2.05) is 38.1 Å². The number of carbonyl (C=O) groups excluding carboxylic acids is 3. The van der Waals surface area contributed by atoms with Crippen molar-refractivity contribution in [2.24, 2.45) is 0 Å². The molecule has 1 N–H and O–H groups in total. The second-order valence-electron chi connectivity index (χ2n) is 9.07. The molecule has 1 fully saturated rings. The summed E-state index contributed by atoms with van der Waals surface area (Å²) in [6, 6.07) is 23.2. The minimum absolute atomic E-state index is 0.197. The van der Waals surface area contributed by atoms with Crippen molar-refractivity contribution >= 4 is 56.3 Å². The van der Waals surface area contributed by atoms with Gasteiger partial charge >= 0.3 is 6.03 Å². The first-order valence-electron chi connectivity index (χ1n) is 13.1. The average Bonchev–Trinajstić information content (AvgIpc) is 2.96. The fraction of sp³-hybridized carbons (Fsp3) is 0.156. The van der Waals surface area contributed by atoms with E-state index in [4.69, 9.17) is 14.2 Å². The van der Waals surface area contributed by atoms with Gasteiger partial charge in [-0.15, -0.1) is 0 Å². The van der Waals surface area contributed by atoms with Crippen molar-refractivity contribution in [3.05, 3.63) is 100 Å². The Bertz CT molecular complexity index is 1660. The lowest BCUT2D eigenvalue weighted by atomic mass is 10.1. The Hall–Kier alpha value is -4.63. The Labute approximate surface area is 245 Å². The lowest BCUT2D eigenvalue weighted by Crippen LogP contribution is -2.54. The quantitative estimate of drug-likeness (QED) is 0.168. The fourth-order valence-corrected chi connectivity index (χ4v) is 5.13. The van der Waals surface area contributed by atoms with Crippen LogP contribution in [0, 0.1) is 0 Å². The van der Waals surface area contributed by atoms with E-state index in [1.165, 1.54) is 6.08 Å². The number of carbonyl (C=O) groups is 3. The number of nitrogens with one attached hydrogen (secondary N) is 1. The van der Waals surface area contributed by atoms with Gasteiger partial charge in [-0.05, 0) is 94.2 Å². The molecule has 0 bridgehead atoms. The number of imide groups is 2. The van der Waals surface area contributed by atoms with E-state index < -0.39 is 17.8 Å². The molecule has 1 aliphatic rings. The number of amides is 4. The standard InChI is InChI=1S/C32H27BrN2O6/c1-3-39-24-14-12-23(13-15-24)35-31(37)26(30(36)34-32(35)38)16-20-17-27(33)29(28(18-20)40-4-2)41-19-22-10-7-9-21-8-5-6-11-25(21)22/h5-18H,3-4,19H2,1-2H3,(H,34,36,38)/b26-16+. The molecule has 8 nitrogen and oxygen atoms in total. The highest BCUT2D eigenvalue weighted by molar-refractivity contribution is 9.10. The zero-order valence-electron chi connectivity index (χ0n) is 22.5. The van der Waals surface area contributed by atoms with Crippen molar-refractivity contribution in [1.82, 2.24) is 5.32 Å². The fourth-order valence-electron chi connectivity index (χ4n) is 4.56. The van der Waals surface area contributed by atoms with Crippen molar-refractivity contribution < 1.29 is 28.6 Å². The number of rotatable bonds is 9. The molecule has 0 unspecified atom stereocenters. The molecular weight excluding hydrogens is 588 g/mol. The maximum Gasteiger partial charge on any atom is 0.335 e. The topological polar surface area (TPSA) is 94.2 Å². The minimum atomic E-state index is -0.824. The number of ether oxygens (including phenoxy) is 3. The highest BCUT2D eigenvalue weighted by Crippen LogP contribution is 2.39. The molecule has 5 rings (SSSR count). The Balaban J connectivity index is 1.44. The minimum Gasteiger partial charge on any atom is -0.494 e. The van der Waals surface area contributed by atoms with Gasteiger partial charge in [0.05, 0.1) is 23.4 Å². The number of urea groups is 1. The largest absolute Gasteiger partial charge is 0.494 e. The first-order valence-corrected chi connectivity index (χ1v) is 13.9. The second-order valence-corrected chi connectivity index (χ2v) is 9.93. The third kappa shape index (κ3) is 5.95. The van der Waals surface area contributed by atoms with E-state index in [9.17, 15) is 14.4 Å². The van der Waals surface area contributed by atoms with Crippen LogP contribution >= 0.6 is 15.9 Å². The summed E-state index contributed by atoms with van der Waals surface area (Å²) in [5.74, 6) is 0.00877. The maximum absolute atomic E-state index is 13.4. The maximum atomic E-state index is 13.4. The Morgan fingerprint density at radius 1 is 0.854 bits per heavy atom. The van der Waals surface area contributed by atoms with Crippen LogP contribution in [0.1, 0.15) is 25.0 Å². The molecule has 4 aromatic rings. The van der Waals surface area contributed by atoms with E-state index in [1.54, 1.807) is 36.4 Å². The molecule has 1 saturated heterocycles. The number of benzene rings is 4. The number of hydrogen-bond acceptors (Lipinski definition) is 6. The van der Waals surface area contributed by atoms with Gasteiger partial charge in [-0.25, -0.2) is 9.69 Å². The van der Waals surface area contributed by atoms with Gasteiger partial charge in [0.1, 0.15) is 17.9 Å². The SMILES string of the molecule is CCOc1ccc(N2C(=O)NC(=O)/C(=C\c3cc(Br)c(OCc4cccc5ccccc45)c(OCC)c3)C2=O)cc1. The van der Waals surface area contributed by atoms with Gasteiger partial charge < -0.3 is 14.2 Å². The Kier molecular flexibility index (Phi) is 8.35. The summed E-state index contributed by atoms with van der Waals surface area (Å²) in [6.45, 7) is 4.87. The van der Waals surface area contributed by atoms with Crippen LogP contribution in [0.3, 0.4) is 0 Å². The molecule has 0 saturated carbocycles. The van der Waals surface area contributed by atoms with Crippen LogP contribution in [-0.2, 0) is 16.2 Å². The molecule has 41 heavy (non-hydrogen) atoms. The number of hydrogen-bond donors (Lipinski definition) is 1. The van der Waals surface area contributed by atoms with E-state index in [0.717, 1.165) is 21.2 Å². The van der Waals surface area contributed by atoms with Crippen molar-refractivity contribution in [2.45, 2.75) is 20.5 Å². The molecule has 0 aromatic heterocycles. The number of halogens is 1. The van der Waals surface area contributed by atoms with Gasteiger partial charge in [-0.1, -0.05) is 42.5 Å². The first-order chi connectivity index (χ1) is 19.9. The van der Waals surface area contributed by atoms with Crippen molar-refractivity contribution in [3.63, 3.8) is 0 Å². The predicted molar refractivity (Wildman–Crippen MR) is 160 cm³/mol. The van der Waals surface area contributed by atoms with Crippen molar-refractivity contribution in [2.75, 3.05) is 18.1 Å². The van der Waals surface area contributed by atoms with E-state index in [2.05, 4.69) is 39.4 Å². The van der Waals surface area contributed by atoms with Crippen LogP contribution < -0.4 is 24.4 Å². The van der Waals surface area contributed by atoms with Crippen molar-refractivity contribution in [3.8, 4) is 17.2 Å². The molecule has 0 spiro atoms. The number of anilines is 1. The van der Waals surface area contributed by atoms with Crippen LogP contribution in [0.15, 0.2) is 88.9 Å². The number of nitrogens with zero attached hydrogens (tertiary/aromatic N) is 1. The lowest BCUT2D eigenvalue weighted by molar-refractivity contribution is -0.122. The predicted octanol–water partition coefficient (Wildman–Crippen LogP) is 6.65. The third-order valence-corrected chi connectivity index (χ3v) is 6.99. The molecule has 0 aliphatic carbocycles. The summed E-state index contributed by atoms with van der Waals surface area (Å²) in [6.07, 6.45) is 1.42. The highest BCUT2D eigenvalue weighted by atomic mass is 79.9. The number of barbiturate groups is 1. The van der Waals surface area contributed by atoms with Crippen LogP contribution in [0.5, 0.6) is 17.2 Å². The molecule has 1 aliphatic heterocycles. The smallest absolute Gasteiger partial charge is 0.335 e. The van der Waals surface area contributed by atoms with Crippen LogP contribution in [0.25, 0.3) is 16.8 Å². The van der Waals surface area contributed by atoms with Crippen LogP contribution in [0.4, 0.5) is 10.5 Å². The summed E-state index contributed by atoms with van der Waals surface area (Å²) < 4.78 is 18.1. The summed E-state index contributed by atoms with van der Waals surface area (Å²) >= 11 is 3.57. The van der Waals surface area contributed by atoms with Gasteiger partial charge in [-0.3, -0.25) is 14.9 Å². The highest BCUT2D eigenvalue weighted by Gasteiger charge is 2.37. The van der Waals surface area contributed by atoms with E-state index >= 15 is 0 Å². The van der Waals surface area contributed by atoms with Gasteiger partial charge in [0.2, 0.25) is 0 Å². The molecule has 208 valence electrons. The van der Waals surface area contributed by atoms with Gasteiger partial charge in [0, 0.05) is 0 Å². The summed E-state index contributed by atoms with van der Waals surface area (Å²) in [4.78, 5) is 39.6. The molecule has 0 radical (unpaired) electrons. The van der Waals surface area contributed by atoms with Gasteiger partial charge in [-0.2, -0.15) is 0 Å². The Morgan fingerprint density at radius 2 is 1.59 bits per heavy atom. The molecular formula is C32H27BrN2O6. The van der Waals surface area contributed by atoms with Crippen LogP contribution in [-0.4, -0.2) is 31.1 Å². The molecule has 0 atom stereocenters. The van der Waals surface area contributed by atoms with E-state index in [0.29, 0.717) is 52.8 Å². The zero-order chi connectivity index (χ0) is 28.9. The van der Waals surface area contributed by atoms with Crippen molar-refractivity contribution in [1.29, 1.82) is 0 Å². The molecule has 4 amide bonds. The molecule has 9 heteroatoms. The molecule has 4 aromatic carbocycles. The monoisotopic (exact) mass is 614 g/mol. The molecule has 1 heterocycles.